The number of hydrogen-bond acceptors (Lipinski definition) is 4. The lowest BCUT2D eigenvalue weighted by molar-refractivity contribution is -0.137. The van der Waals surface area contributed by atoms with Crippen LogP contribution in [0.25, 0.3) is 10.9 Å². The van der Waals surface area contributed by atoms with E-state index in [1.165, 1.54) is 0 Å². The van der Waals surface area contributed by atoms with Gasteiger partial charge in [0, 0.05) is 48.8 Å². The molecule has 1 saturated heterocycles. The molecule has 1 aromatic carbocycles. The summed E-state index contributed by atoms with van der Waals surface area (Å²) in [6.07, 6.45) is 1.68. The molecular formula is C17H21N3O3. The fraction of sp³-hybridized carbons (Fsp3) is 0.412. The van der Waals surface area contributed by atoms with Gasteiger partial charge in [0.1, 0.15) is 6.54 Å². The van der Waals surface area contributed by atoms with E-state index in [4.69, 9.17) is 5.11 Å². The minimum absolute atomic E-state index is 0.0508. The van der Waals surface area contributed by atoms with E-state index in [2.05, 4.69) is 16.8 Å². The molecule has 0 saturated carbocycles. The molecule has 6 nitrogen and oxygen atoms in total. The SMILES string of the molecule is CN1CCN(CC(=O)c2cn(CC(=O)O)c3ccccc23)CC1. The predicted molar refractivity (Wildman–Crippen MR) is 87.8 cm³/mol. The van der Waals surface area contributed by atoms with E-state index in [-0.39, 0.29) is 12.3 Å². The number of carbonyl (C=O) groups excluding carboxylic acids is 1. The van der Waals surface area contributed by atoms with E-state index < -0.39 is 5.97 Å². The maximum Gasteiger partial charge on any atom is 0.323 e. The van der Waals surface area contributed by atoms with Gasteiger partial charge in [-0.1, -0.05) is 18.2 Å². The van der Waals surface area contributed by atoms with Crippen molar-refractivity contribution < 1.29 is 14.7 Å². The molecule has 2 aromatic rings. The van der Waals surface area contributed by atoms with Crippen LogP contribution in [0.15, 0.2) is 30.5 Å². The van der Waals surface area contributed by atoms with Gasteiger partial charge in [0.05, 0.1) is 6.54 Å². The van der Waals surface area contributed by atoms with E-state index >= 15 is 0 Å². The number of carboxylic acids is 1. The number of Topliss-reactive ketones (excluding diaryl/α,β-unsaturated/α-hetero) is 1. The Hall–Kier alpha value is -2.18. The first-order valence-electron chi connectivity index (χ1n) is 7.78. The van der Waals surface area contributed by atoms with Crippen LogP contribution in [0.4, 0.5) is 0 Å². The molecule has 0 spiro atoms. The van der Waals surface area contributed by atoms with Crippen molar-refractivity contribution in [2.75, 3.05) is 39.8 Å². The average Bonchev–Trinajstić information content (AvgIpc) is 2.88. The molecule has 2 heterocycles. The quantitative estimate of drug-likeness (QED) is 0.839. The highest BCUT2D eigenvalue weighted by Crippen LogP contribution is 2.22. The van der Waals surface area contributed by atoms with Gasteiger partial charge in [0.15, 0.2) is 5.78 Å². The molecule has 0 unspecified atom stereocenters. The summed E-state index contributed by atoms with van der Waals surface area (Å²) in [6.45, 7) is 3.95. The van der Waals surface area contributed by atoms with Crippen LogP contribution in [0.2, 0.25) is 0 Å². The van der Waals surface area contributed by atoms with E-state index in [9.17, 15) is 9.59 Å². The maximum atomic E-state index is 12.7. The Morgan fingerprint density at radius 2 is 1.78 bits per heavy atom. The molecule has 6 heteroatoms. The van der Waals surface area contributed by atoms with E-state index in [0.717, 1.165) is 37.1 Å². The second-order valence-electron chi connectivity index (χ2n) is 6.08. The lowest BCUT2D eigenvalue weighted by Gasteiger charge is -2.31. The number of aliphatic carboxylic acids is 1. The van der Waals surface area contributed by atoms with Gasteiger partial charge >= 0.3 is 5.97 Å². The van der Waals surface area contributed by atoms with Crippen LogP contribution in [0.1, 0.15) is 10.4 Å². The Kier molecular flexibility index (Phi) is 4.45. The highest BCUT2D eigenvalue weighted by atomic mass is 16.4. The first kappa shape index (κ1) is 15.7. The fourth-order valence-corrected chi connectivity index (χ4v) is 3.04. The molecule has 1 fully saturated rings. The number of carbonyl (C=O) groups is 2. The van der Waals surface area contributed by atoms with Gasteiger partial charge in [0.25, 0.3) is 0 Å². The lowest BCUT2D eigenvalue weighted by Crippen LogP contribution is -2.46. The van der Waals surface area contributed by atoms with Crippen molar-refractivity contribution in [2.45, 2.75) is 6.54 Å². The molecule has 1 N–H and O–H groups in total. The molecule has 1 aromatic heterocycles. The van der Waals surface area contributed by atoms with E-state index in [0.29, 0.717) is 12.1 Å². The van der Waals surface area contributed by atoms with Gasteiger partial charge in [-0.15, -0.1) is 0 Å². The highest BCUT2D eigenvalue weighted by Gasteiger charge is 2.20. The van der Waals surface area contributed by atoms with Crippen LogP contribution >= 0.6 is 0 Å². The molecule has 23 heavy (non-hydrogen) atoms. The summed E-state index contributed by atoms with van der Waals surface area (Å²) in [5, 5.41) is 9.87. The number of hydrogen-bond donors (Lipinski definition) is 1. The normalized spacial score (nSPS) is 16.7. The topological polar surface area (TPSA) is 65.8 Å². The summed E-state index contributed by atoms with van der Waals surface area (Å²) in [4.78, 5) is 28.1. The number of aromatic nitrogens is 1. The van der Waals surface area contributed by atoms with Crippen LogP contribution in [0.3, 0.4) is 0 Å². The maximum absolute atomic E-state index is 12.7. The summed E-state index contributed by atoms with van der Waals surface area (Å²) in [5.74, 6) is -0.862. The Bertz CT molecular complexity index is 730. The van der Waals surface area contributed by atoms with Crippen LogP contribution in [-0.2, 0) is 11.3 Å². The molecule has 0 aliphatic carbocycles. The lowest BCUT2D eigenvalue weighted by atomic mass is 10.1. The first-order valence-corrected chi connectivity index (χ1v) is 7.78. The first-order chi connectivity index (χ1) is 11.0. The fourth-order valence-electron chi connectivity index (χ4n) is 3.04. The summed E-state index contributed by atoms with van der Waals surface area (Å²) in [5.41, 5.74) is 1.40. The Morgan fingerprint density at radius 3 is 2.48 bits per heavy atom. The average molecular weight is 315 g/mol. The van der Waals surface area contributed by atoms with Crippen molar-refractivity contribution in [3.63, 3.8) is 0 Å². The Balaban J connectivity index is 1.84. The largest absolute Gasteiger partial charge is 0.480 e. The third kappa shape index (κ3) is 3.43. The number of fused-ring (bicyclic) bond motifs is 1. The number of nitrogens with zero attached hydrogens (tertiary/aromatic N) is 3. The molecule has 122 valence electrons. The minimum Gasteiger partial charge on any atom is -0.480 e. The van der Waals surface area contributed by atoms with E-state index in [1.807, 2.05) is 24.3 Å². The zero-order chi connectivity index (χ0) is 16.4. The van der Waals surface area contributed by atoms with Crippen molar-refractivity contribution in [3.05, 3.63) is 36.0 Å². The standard InChI is InChI=1S/C17H21N3O3/c1-18-6-8-19(9-7-18)11-16(21)14-10-20(12-17(22)23)15-5-3-2-4-13(14)15/h2-5,10H,6-9,11-12H2,1H3,(H,22,23). The minimum atomic E-state index is -0.913. The zero-order valence-electron chi connectivity index (χ0n) is 13.2. The number of piperazine rings is 1. The van der Waals surface area contributed by atoms with Crippen LogP contribution in [0, 0.1) is 0 Å². The summed E-state index contributed by atoms with van der Waals surface area (Å²) in [6, 6.07) is 7.46. The van der Waals surface area contributed by atoms with Crippen molar-refractivity contribution in [1.29, 1.82) is 0 Å². The summed E-state index contributed by atoms with van der Waals surface area (Å²) < 4.78 is 1.63. The van der Waals surface area contributed by atoms with Gasteiger partial charge < -0.3 is 14.6 Å². The molecule has 1 aliphatic heterocycles. The number of carboxylic acid groups (broad SMARTS) is 1. The van der Waals surface area contributed by atoms with Gasteiger partial charge in [-0.05, 0) is 13.1 Å². The number of ketones is 1. The van der Waals surface area contributed by atoms with Crippen LogP contribution in [0.5, 0.6) is 0 Å². The molecule has 3 rings (SSSR count). The molecule has 0 bridgehead atoms. The van der Waals surface area contributed by atoms with Gasteiger partial charge in [-0.2, -0.15) is 0 Å². The van der Waals surface area contributed by atoms with Crippen molar-refractivity contribution in [2.24, 2.45) is 0 Å². The molecule has 0 atom stereocenters. The molecule has 0 amide bonds. The smallest absolute Gasteiger partial charge is 0.323 e. The zero-order valence-corrected chi connectivity index (χ0v) is 13.2. The second kappa shape index (κ2) is 6.52. The van der Waals surface area contributed by atoms with Crippen LogP contribution < -0.4 is 0 Å². The van der Waals surface area contributed by atoms with Gasteiger partial charge in [-0.25, -0.2) is 0 Å². The number of likely N-dealkylation sites (N-methyl/N-ethyl adjacent to an activating group) is 1. The Morgan fingerprint density at radius 1 is 1.09 bits per heavy atom. The second-order valence-corrected chi connectivity index (χ2v) is 6.08. The number of para-hydroxylation sites is 1. The summed E-state index contributed by atoms with van der Waals surface area (Å²) >= 11 is 0. The number of rotatable bonds is 5. The van der Waals surface area contributed by atoms with Crippen molar-refractivity contribution in [3.8, 4) is 0 Å². The van der Waals surface area contributed by atoms with Crippen LogP contribution in [-0.4, -0.2) is 71.0 Å². The van der Waals surface area contributed by atoms with Gasteiger partial charge in [-0.3, -0.25) is 14.5 Å². The van der Waals surface area contributed by atoms with Gasteiger partial charge in [0.2, 0.25) is 0 Å². The molecule has 1 aliphatic rings. The predicted octanol–water partition coefficient (Wildman–Crippen LogP) is 1.16. The summed E-state index contributed by atoms with van der Waals surface area (Å²) in [7, 11) is 2.08. The third-order valence-electron chi connectivity index (χ3n) is 4.36. The monoisotopic (exact) mass is 315 g/mol. The highest BCUT2D eigenvalue weighted by molar-refractivity contribution is 6.09. The Labute approximate surface area is 134 Å². The van der Waals surface area contributed by atoms with E-state index in [1.54, 1.807) is 10.8 Å². The molecule has 0 radical (unpaired) electrons. The molecular weight excluding hydrogens is 294 g/mol. The van der Waals surface area contributed by atoms with Crippen molar-refractivity contribution in [1.82, 2.24) is 14.4 Å². The van der Waals surface area contributed by atoms with Crippen molar-refractivity contribution >= 4 is 22.7 Å². The number of benzene rings is 1. The third-order valence-corrected chi connectivity index (χ3v) is 4.36.